The first-order chi connectivity index (χ1) is 11.2. The molecule has 0 radical (unpaired) electrons. The van der Waals surface area contributed by atoms with Crippen molar-refractivity contribution in [2.24, 2.45) is 12.5 Å². The molecule has 0 N–H and O–H groups in total. The van der Waals surface area contributed by atoms with Crippen LogP contribution in [-0.4, -0.2) is 28.4 Å². The number of hydrogen-bond acceptors (Lipinski definition) is 4. The molecule has 1 aromatic heterocycles. The lowest BCUT2D eigenvalue weighted by molar-refractivity contribution is 0.101. The summed E-state index contributed by atoms with van der Waals surface area (Å²) in [6, 6.07) is 2.31. The number of halogens is 1. The third-order valence-electron chi connectivity index (χ3n) is 4.90. The first-order valence-corrected chi connectivity index (χ1v) is 8.16. The summed E-state index contributed by atoms with van der Waals surface area (Å²) in [5, 5.41) is 0.142. The highest BCUT2D eigenvalue weighted by molar-refractivity contribution is 6.05. The third-order valence-corrected chi connectivity index (χ3v) is 4.90. The Labute approximate surface area is 140 Å². The molecule has 1 saturated heterocycles. The summed E-state index contributed by atoms with van der Waals surface area (Å²) < 4.78 is 15.2. The Bertz CT molecular complexity index is 876. The zero-order valence-electron chi connectivity index (χ0n) is 14.5. The van der Waals surface area contributed by atoms with Crippen molar-refractivity contribution in [3.8, 4) is 0 Å². The fourth-order valence-corrected chi connectivity index (χ4v) is 3.19. The van der Waals surface area contributed by atoms with E-state index in [-0.39, 0.29) is 33.2 Å². The third kappa shape index (κ3) is 2.81. The molecule has 1 aliphatic rings. The number of Topliss-reactive ketones (excluding diaryl/α,β-unsaturated/α-hetero) is 1. The van der Waals surface area contributed by atoms with Crippen molar-refractivity contribution in [3.63, 3.8) is 0 Å². The second-order valence-electron chi connectivity index (χ2n) is 7.33. The Balaban J connectivity index is 2.18. The van der Waals surface area contributed by atoms with E-state index in [1.807, 2.05) is 0 Å². The summed E-state index contributed by atoms with van der Waals surface area (Å²) in [5.74, 6) is -0.359. The van der Waals surface area contributed by atoms with Crippen LogP contribution in [0.4, 0.5) is 10.3 Å². The van der Waals surface area contributed by atoms with Crippen LogP contribution < -0.4 is 10.5 Å². The van der Waals surface area contributed by atoms with Gasteiger partial charge in [-0.2, -0.15) is 0 Å². The van der Waals surface area contributed by atoms with Gasteiger partial charge in [0.25, 0.3) is 5.56 Å². The van der Waals surface area contributed by atoms with E-state index in [0.29, 0.717) is 5.95 Å². The van der Waals surface area contributed by atoms with Crippen LogP contribution in [0, 0.1) is 11.2 Å². The minimum atomic E-state index is -0.598. The molecule has 128 valence electrons. The van der Waals surface area contributed by atoms with Gasteiger partial charge in [-0.25, -0.2) is 9.37 Å². The highest BCUT2D eigenvalue weighted by atomic mass is 19.1. The smallest absolute Gasteiger partial charge is 0.262 e. The molecule has 3 rings (SSSR count). The van der Waals surface area contributed by atoms with E-state index in [4.69, 9.17) is 0 Å². The van der Waals surface area contributed by atoms with Gasteiger partial charge in [-0.15, -0.1) is 0 Å². The summed E-state index contributed by atoms with van der Waals surface area (Å²) in [5.41, 5.74) is 0.384. The van der Waals surface area contributed by atoms with Crippen LogP contribution in [0.2, 0.25) is 0 Å². The monoisotopic (exact) mass is 331 g/mol. The maximum atomic E-state index is 13.8. The second-order valence-corrected chi connectivity index (χ2v) is 7.33. The minimum Gasteiger partial charge on any atom is -0.342 e. The van der Waals surface area contributed by atoms with E-state index < -0.39 is 5.82 Å². The molecule has 0 saturated carbocycles. The van der Waals surface area contributed by atoms with Crippen molar-refractivity contribution in [2.75, 3.05) is 18.0 Å². The fraction of sp³-hybridized carbons (Fsp3) is 0.500. The Kier molecular flexibility index (Phi) is 3.94. The number of carbonyl (C=O) groups is 1. The van der Waals surface area contributed by atoms with Gasteiger partial charge in [0.05, 0.1) is 10.9 Å². The SMILES string of the molecule is CC(=O)c1cc(F)cc2c(=O)n(C)c(N3CCC(C)(C)CC3)nc12. The van der Waals surface area contributed by atoms with Gasteiger partial charge in [0.2, 0.25) is 5.95 Å². The number of ketones is 1. The summed E-state index contributed by atoms with van der Waals surface area (Å²) in [7, 11) is 1.64. The van der Waals surface area contributed by atoms with Gasteiger partial charge in [-0.3, -0.25) is 14.2 Å². The lowest BCUT2D eigenvalue weighted by atomic mass is 9.83. The molecule has 24 heavy (non-hydrogen) atoms. The molecule has 1 aliphatic heterocycles. The van der Waals surface area contributed by atoms with Gasteiger partial charge in [0.1, 0.15) is 5.82 Å². The van der Waals surface area contributed by atoms with Crippen LogP contribution in [0.15, 0.2) is 16.9 Å². The van der Waals surface area contributed by atoms with E-state index in [9.17, 15) is 14.0 Å². The molecule has 1 fully saturated rings. The van der Waals surface area contributed by atoms with Gasteiger partial charge in [-0.05, 0) is 37.3 Å². The van der Waals surface area contributed by atoms with Crippen molar-refractivity contribution >= 4 is 22.6 Å². The molecule has 2 aromatic rings. The molecular formula is C18H22FN3O2. The summed E-state index contributed by atoms with van der Waals surface area (Å²) in [6.07, 6.45) is 2.01. The fourth-order valence-electron chi connectivity index (χ4n) is 3.19. The number of benzene rings is 1. The number of carbonyl (C=O) groups excluding carboxylic acids is 1. The van der Waals surface area contributed by atoms with Crippen LogP contribution in [0.3, 0.4) is 0 Å². The van der Waals surface area contributed by atoms with E-state index >= 15 is 0 Å². The first-order valence-electron chi connectivity index (χ1n) is 8.16. The van der Waals surface area contributed by atoms with Crippen molar-refractivity contribution in [3.05, 3.63) is 33.9 Å². The van der Waals surface area contributed by atoms with Gasteiger partial charge < -0.3 is 4.90 Å². The van der Waals surface area contributed by atoms with Crippen LogP contribution in [0.25, 0.3) is 10.9 Å². The largest absolute Gasteiger partial charge is 0.342 e. The molecular weight excluding hydrogens is 309 g/mol. The summed E-state index contributed by atoms with van der Waals surface area (Å²) in [6.45, 7) is 7.42. The number of fused-ring (bicyclic) bond motifs is 1. The van der Waals surface area contributed by atoms with Crippen LogP contribution in [-0.2, 0) is 7.05 Å². The molecule has 0 unspecified atom stereocenters. The summed E-state index contributed by atoms with van der Waals surface area (Å²) >= 11 is 0. The topological polar surface area (TPSA) is 55.2 Å². The lowest BCUT2D eigenvalue weighted by Gasteiger charge is -2.37. The highest BCUT2D eigenvalue weighted by Gasteiger charge is 2.28. The molecule has 0 aliphatic carbocycles. The Morgan fingerprint density at radius 3 is 2.46 bits per heavy atom. The first kappa shape index (κ1) is 16.6. The number of rotatable bonds is 2. The number of piperidine rings is 1. The molecule has 0 amide bonds. The average Bonchev–Trinajstić information content (AvgIpc) is 2.51. The molecule has 0 spiro atoms. The molecule has 6 heteroatoms. The van der Waals surface area contributed by atoms with Gasteiger partial charge in [0, 0.05) is 25.7 Å². The molecule has 2 heterocycles. The zero-order valence-corrected chi connectivity index (χ0v) is 14.5. The maximum absolute atomic E-state index is 13.8. The average molecular weight is 331 g/mol. The van der Waals surface area contributed by atoms with Crippen molar-refractivity contribution in [2.45, 2.75) is 33.6 Å². The van der Waals surface area contributed by atoms with Gasteiger partial charge in [-0.1, -0.05) is 13.8 Å². The molecule has 1 aromatic carbocycles. The highest BCUT2D eigenvalue weighted by Crippen LogP contribution is 2.31. The molecule has 0 atom stereocenters. The van der Waals surface area contributed by atoms with E-state index in [2.05, 4.69) is 23.7 Å². The van der Waals surface area contributed by atoms with Crippen molar-refractivity contribution < 1.29 is 9.18 Å². The van der Waals surface area contributed by atoms with Crippen LogP contribution in [0.5, 0.6) is 0 Å². The number of nitrogens with zero attached hydrogens (tertiary/aromatic N) is 3. The molecule has 5 nitrogen and oxygen atoms in total. The lowest BCUT2D eigenvalue weighted by Crippen LogP contribution is -2.40. The Hall–Kier alpha value is -2.24. The number of aromatic nitrogens is 2. The number of hydrogen-bond donors (Lipinski definition) is 0. The number of anilines is 1. The van der Waals surface area contributed by atoms with Crippen molar-refractivity contribution in [1.29, 1.82) is 0 Å². The molecule has 0 bridgehead atoms. The zero-order chi connectivity index (χ0) is 17.6. The Morgan fingerprint density at radius 2 is 1.88 bits per heavy atom. The van der Waals surface area contributed by atoms with Gasteiger partial charge >= 0.3 is 0 Å². The predicted molar refractivity (Wildman–Crippen MR) is 92.2 cm³/mol. The maximum Gasteiger partial charge on any atom is 0.262 e. The second kappa shape index (κ2) is 5.69. The summed E-state index contributed by atoms with van der Waals surface area (Å²) in [4.78, 5) is 31.2. The van der Waals surface area contributed by atoms with Crippen molar-refractivity contribution in [1.82, 2.24) is 9.55 Å². The van der Waals surface area contributed by atoms with Crippen LogP contribution in [0.1, 0.15) is 44.0 Å². The minimum absolute atomic E-state index is 0.142. The normalized spacial score (nSPS) is 17.3. The van der Waals surface area contributed by atoms with Crippen LogP contribution >= 0.6 is 0 Å². The standard InChI is InChI=1S/C18H22FN3O2/c1-11(23)13-9-12(19)10-14-15(13)20-17(21(4)16(14)24)22-7-5-18(2,3)6-8-22/h9-10H,5-8H2,1-4H3. The quantitative estimate of drug-likeness (QED) is 0.794. The van der Waals surface area contributed by atoms with E-state index in [1.165, 1.54) is 11.5 Å². The van der Waals surface area contributed by atoms with E-state index in [0.717, 1.165) is 38.1 Å². The van der Waals surface area contributed by atoms with Gasteiger partial charge in [0.15, 0.2) is 5.78 Å². The Morgan fingerprint density at radius 1 is 1.25 bits per heavy atom. The predicted octanol–water partition coefficient (Wildman–Crippen LogP) is 2.90. The van der Waals surface area contributed by atoms with E-state index in [1.54, 1.807) is 7.05 Å².